The van der Waals surface area contributed by atoms with Gasteiger partial charge >= 0.3 is 0 Å². The van der Waals surface area contributed by atoms with Gasteiger partial charge in [0.1, 0.15) is 6.17 Å². The average molecular weight is 277 g/mol. The zero-order valence-electron chi connectivity index (χ0n) is 11.7. The van der Waals surface area contributed by atoms with E-state index in [1.54, 1.807) is 11.0 Å². The molecule has 1 aliphatic heterocycles. The van der Waals surface area contributed by atoms with Gasteiger partial charge in [-0.25, -0.2) is 0 Å². The minimum atomic E-state index is -0.418. The third-order valence-corrected chi connectivity index (χ3v) is 3.42. The van der Waals surface area contributed by atoms with Crippen molar-refractivity contribution >= 4 is 11.6 Å². The molecule has 108 valence electrons. The number of non-ortho nitro benzene ring substituents is 1. The van der Waals surface area contributed by atoms with E-state index in [-0.39, 0.29) is 24.3 Å². The quantitative estimate of drug-likeness (QED) is 0.660. The second-order valence-electron chi connectivity index (χ2n) is 5.41. The Labute approximate surface area is 117 Å². The summed E-state index contributed by atoms with van der Waals surface area (Å²) in [5.74, 6) is 0.552. The number of carbonyl (C=O) groups excluding carboxylic acids is 1. The Bertz CT molecular complexity index is 516. The van der Waals surface area contributed by atoms with Crippen molar-refractivity contribution in [3.05, 3.63) is 39.9 Å². The topological polar surface area (TPSA) is 75.5 Å². The van der Waals surface area contributed by atoms with Crippen LogP contribution in [0.15, 0.2) is 24.3 Å². The lowest BCUT2D eigenvalue weighted by Crippen LogP contribution is -2.31. The fraction of sp³-hybridized carbons (Fsp3) is 0.500. The highest BCUT2D eigenvalue weighted by Gasteiger charge is 2.31. The molecule has 0 spiro atoms. The minimum Gasteiger partial charge on any atom is -0.322 e. The number of carbonyl (C=O) groups is 1. The third kappa shape index (κ3) is 3.14. The highest BCUT2D eigenvalue weighted by molar-refractivity contribution is 5.81. The summed E-state index contributed by atoms with van der Waals surface area (Å²) < 4.78 is 0. The number of nitrogens with one attached hydrogen (secondary N) is 1. The largest absolute Gasteiger partial charge is 0.322 e. The van der Waals surface area contributed by atoms with Crippen molar-refractivity contribution in [3.63, 3.8) is 0 Å². The second-order valence-corrected chi connectivity index (χ2v) is 5.41. The van der Waals surface area contributed by atoms with Gasteiger partial charge in [0.15, 0.2) is 0 Å². The fourth-order valence-electron chi connectivity index (χ4n) is 2.30. The maximum atomic E-state index is 11.9. The van der Waals surface area contributed by atoms with Gasteiger partial charge in [0.05, 0.1) is 11.5 Å². The monoisotopic (exact) mass is 277 g/mol. The summed E-state index contributed by atoms with van der Waals surface area (Å²) in [7, 11) is 0. The number of benzene rings is 1. The first kappa shape index (κ1) is 14.5. The highest BCUT2D eigenvalue weighted by Crippen LogP contribution is 2.26. The first-order valence-corrected chi connectivity index (χ1v) is 6.76. The summed E-state index contributed by atoms with van der Waals surface area (Å²) in [5.41, 5.74) is 0.807. The van der Waals surface area contributed by atoms with Crippen molar-refractivity contribution in [3.8, 4) is 0 Å². The van der Waals surface area contributed by atoms with Crippen LogP contribution in [0.3, 0.4) is 0 Å². The Morgan fingerprint density at radius 1 is 1.50 bits per heavy atom. The number of nitro groups is 1. The minimum absolute atomic E-state index is 0.0437. The lowest BCUT2D eigenvalue weighted by atomic mass is 10.1. The Morgan fingerprint density at radius 2 is 2.25 bits per heavy atom. The lowest BCUT2D eigenvalue weighted by molar-refractivity contribution is -0.385. The summed E-state index contributed by atoms with van der Waals surface area (Å²) in [6.07, 6.45) is 0.653. The van der Waals surface area contributed by atoms with Gasteiger partial charge in [-0.05, 0) is 17.9 Å². The van der Waals surface area contributed by atoms with Gasteiger partial charge in [-0.3, -0.25) is 20.2 Å². The first-order chi connectivity index (χ1) is 9.49. The molecule has 20 heavy (non-hydrogen) atoms. The average Bonchev–Trinajstić information content (AvgIpc) is 2.77. The van der Waals surface area contributed by atoms with Gasteiger partial charge in [0.2, 0.25) is 5.91 Å². The fourth-order valence-corrected chi connectivity index (χ4v) is 2.30. The number of nitro benzene ring substituents is 1. The Hall–Kier alpha value is -1.95. The Kier molecular flexibility index (Phi) is 4.34. The van der Waals surface area contributed by atoms with Crippen molar-refractivity contribution in [1.82, 2.24) is 10.2 Å². The van der Waals surface area contributed by atoms with Crippen LogP contribution >= 0.6 is 0 Å². The van der Waals surface area contributed by atoms with Crippen molar-refractivity contribution in [1.29, 1.82) is 0 Å². The van der Waals surface area contributed by atoms with Gasteiger partial charge in [-0.2, -0.15) is 0 Å². The molecule has 1 fully saturated rings. The molecule has 6 heteroatoms. The van der Waals surface area contributed by atoms with Crippen LogP contribution in [-0.4, -0.2) is 28.8 Å². The normalized spacial score (nSPS) is 18.9. The Balaban J connectivity index is 2.19. The maximum Gasteiger partial charge on any atom is 0.269 e. The molecule has 1 heterocycles. The molecule has 2 rings (SSSR count). The lowest BCUT2D eigenvalue weighted by Gasteiger charge is -2.25. The van der Waals surface area contributed by atoms with E-state index >= 15 is 0 Å². The number of hydrogen-bond acceptors (Lipinski definition) is 4. The molecule has 0 aromatic heterocycles. The summed E-state index contributed by atoms with van der Waals surface area (Å²) in [4.78, 5) is 24.1. The molecule has 6 nitrogen and oxygen atoms in total. The number of rotatable bonds is 5. The summed E-state index contributed by atoms with van der Waals surface area (Å²) in [5, 5.41) is 13.9. The molecule has 0 bridgehead atoms. The van der Waals surface area contributed by atoms with E-state index in [2.05, 4.69) is 19.2 Å². The zero-order valence-corrected chi connectivity index (χ0v) is 11.7. The van der Waals surface area contributed by atoms with Crippen LogP contribution in [0, 0.1) is 16.0 Å². The molecule has 1 atom stereocenters. The van der Waals surface area contributed by atoms with Crippen molar-refractivity contribution in [2.24, 2.45) is 5.92 Å². The number of amides is 1. The number of nitrogens with zero attached hydrogens (tertiary/aromatic N) is 2. The molecule has 1 aromatic rings. The summed E-state index contributed by atoms with van der Waals surface area (Å²) in [6.45, 7) is 5.16. The molecular formula is C14H19N3O3. The standard InChI is InChI=1S/C14H19N3O3/c1-10(2)6-7-16-13(18)9-15-14(16)11-4-3-5-12(8-11)17(19)20/h3-5,8,10,14-15H,6-7,9H2,1-2H3. The predicted molar refractivity (Wildman–Crippen MR) is 75.0 cm³/mol. The highest BCUT2D eigenvalue weighted by atomic mass is 16.6. The maximum absolute atomic E-state index is 11.9. The van der Waals surface area contributed by atoms with Crippen molar-refractivity contribution in [2.75, 3.05) is 13.1 Å². The van der Waals surface area contributed by atoms with Gasteiger partial charge in [0.25, 0.3) is 5.69 Å². The van der Waals surface area contributed by atoms with Crippen LogP contribution < -0.4 is 5.32 Å². The smallest absolute Gasteiger partial charge is 0.269 e. The SMILES string of the molecule is CC(C)CCN1C(=O)CNC1c1cccc([N+](=O)[O-])c1. The van der Waals surface area contributed by atoms with Crippen LogP contribution in [0.5, 0.6) is 0 Å². The van der Waals surface area contributed by atoms with Crippen LogP contribution in [0.2, 0.25) is 0 Å². The molecule has 1 unspecified atom stereocenters. The first-order valence-electron chi connectivity index (χ1n) is 6.76. The van der Waals surface area contributed by atoms with E-state index in [1.165, 1.54) is 12.1 Å². The van der Waals surface area contributed by atoms with E-state index in [1.807, 2.05) is 6.07 Å². The van der Waals surface area contributed by atoms with Crippen LogP contribution in [0.4, 0.5) is 5.69 Å². The van der Waals surface area contributed by atoms with E-state index in [0.29, 0.717) is 12.5 Å². The van der Waals surface area contributed by atoms with E-state index < -0.39 is 4.92 Å². The van der Waals surface area contributed by atoms with Gasteiger partial charge in [0, 0.05) is 18.7 Å². The van der Waals surface area contributed by atoms with Crippen LogP contribution in [0.1, 0.15) is 32.0 Å². The Morgan fingerprint density at radius 3 is 2.90 bits per heavy atom. The van der Waals surface area contributed by atoms with Crippen LogP contribution in [0.25, 0.3) is 0 Å². The molecule has 1 aliphatic rings. The summed E-state index contributed by atoms with van der Waals surface area (Å²) in [6, 6.07) is 6.45. The van der Waals surface area contributed by atoms with E-state index in [9.17, 15) is 14.9 Å². The van der Waals surface area contributed by atoms with Gasteiger partial charge in [-0.15, -0.1) is 0 Å². The number of hydrogen-bond donors (Lipinski definition) is 1. The molecule has 0 radical (unpaired) electrons. The molecular weight excluding hydrogens is 258 g/mol. The molecule has 1 N–H and O–H groups in total. The van der Waals surface area contributed by atoms with Gasteiger partial charge in [-0.1, -0.05) is 26.0 Å². The van der Waals surface area contributed by atoms with E-state index in [4.69, 9.17) is 0 Å². The molecule has 1 saturated heterocycles. The molecule has 0 saturated carbocycles. The van der Waals surface area contributed by atoms with Crippen molar-refractivity contribution in [2.45, 2.75) is 26.4 Å². The molecule has 1 aromatic carbocycles. The van der Waals surface area contributed by atoms with E-state index in [0.717, 1.165) is 12.0 Å². The molecule has 1 amide bonds. The van der Waals surface area contributed by atoms with Crippen molar-refractivity contribution < 1.29 is 9.72 Å². The third-order valence-electron chi connectivity index (χ3n) is 3.42. The second kappa shape index (κ2) is 6.00. The summed E-state index contributed by atoms with van der Waals surface area (Å²) >= 11 is 0. The van der Waals surface area contributed by atoms with Gasteiger partial charge < -0.3 is 4.90 Å². The predicted octanol–water partition coefficient (Wildman–Crippen LogP) is 2.07. The zero-order chi connectivity index (χ0) is 14.7. The van der Waals surface area contributed by atoms with Crippen LogP contribution in [-0.2, 0) is 4.79 Å². The molecule has 0 aliphatic carbocycles.